The monoisotopic (exact) mass is 160 g/mol. The van der Waals surface area contributed by atoms with Gasteiger partial charge in [0, 0.05) is 12.1 Å². The largest absolute Gasteiger partial charge is 0.315 e. The number of rotatable bonds is 0. The van der Waals surface area contributed by atoms with Crippen molar-refractivity contribution in [2.45, 2.75) is 6.92 Å². The summed E-state index contributed by atoms with van der Waals surface area (Å²) in [7, 11) is -2.73. The second-order valence-corrected chi connectivity index (χ2v) is 5.83. The van der Waals surface area contributed by atoms with Gasteiger partial charge in [-0.05, 0) is 6.66 Å². The normalized spacial score (nSPS) is 40.8. The van der Waals surface area contributed by atoms with Crippen LogP contribution in [0, 0.1) is 5.92 Å². The number of carbonyl (C=O) groups is 2. The van der Waals surface area contributed by atoms with Gasteiger partial charge in [0.1, 0.15) is 0 Å². The molecule has 1 saturated heterocycles. The fraction of sp³-hybridized carbons (Fsp3) is 0.667. The Hall–Kier alpha value is -0.430. The van der Waals surface area contributed by atoms with Crippen LogP contribution < -0.4 is 0 Å². The summed E-state index contributed by atoms with van der Waals surface area (Å²) in [6.07, 6.45) is 0.269. The molecule has 4 heteroatoms. The Kier molecular flexibility index (Phi) is 1.55. The van der Waals surface area contributed by atoms with E-state index >= 15 is 0 Å². The van der Waals surface area contributed by atoms with E-state index in [1.807, 2.05) is 0 Å². The van der Waals surface area contributed by atoms with Gasteiger partial charge in [-0.25, -0.2) is 0 Å². The van der Waals surface area contributed by atoms with Gasteiger partial charge in [0.25, 0.3) is 5.52 Å². The van der Waals surface area contributed by atoms with Crippen molar-refractivity contribution in [2.24, 2.45) is 5.92 Å². The number of carbonyl (C=O) groups excluding carboxylic acids is 2. The van der Waals surface area contributed by atoms with Gasteiger partial charge in [-0.3, -0.25) is 9.59 Å². The summed E-state index contributed by atoms with van der Waals surface area (Å²) < 4.78 is 11.2. The first kappa shape index (κ1) is 7.67. The molecule has 0 aliphatic carbocycles. The lowest BCUT2D eigenvalue weighted by atomic mass is 10.1. The fourth-order valence-electron chi connectivity index (χ4n) is 1.13. The predicted octanol–water partition coefficient (Wildman–Crippen LogP) is 0.725. The van der Waals surface area contributed by atoms with Crippen molar-refractivity contribution < 1.29 is 14.2 Å². The van der Waals surface area contributed by atoms with E-state index in [9.17, 15) is 14.2 Å². The number of hydrogen-bond donors (Lipinski definition) is 0. The molecule has 1 aliphatic rings. The molecule has 1 fully saturated rings. The first-order chi connectivity index (χ1) is 4.45. The maximum absolute atomic E-state index is 11.2. The van der Waals surface area contributed by atoms with Gasteiger partial charge in [-0.2, -0.15) is 0 Å². The second-order valence-electron chi connectivity index (χ2n) is 2.85. The summed E-state index contributed by atoms with van der Waals surface area (Å²) in [5.74, 6) is -0.769. The lowest BCUT2D eigenvalue weighted by Gasteiger charge is -1.96. The van der Waals surface area contributed by atoms with E-state index in [1.54, 1.807) is 6.92 Å². The summed E-state index contributed by atoms with van der Waals surface area (Å²) in [6, 6.07) is 0. The minimum Gasteiger partial charge on any atom is -0.315 e. The molecule has 2 unspecified atom stereocenters. The third-order valence-electron chi connectivity index (χ3n) is 1.71. The van der Waals surface area contributed by atoms with Crippen LogP contribution in [0.25, 0.3) is 0 Å². The molecule has 0 radical (unpaired) electrons. The van der Waals surface area contributed by atoms with Crippen LogP contribution in [-0.4, -0.2) is 24.1 Å². The molecule has 0 aromatic rings. The highest BCUT2D eigenvalue weighted by Gasteiger charge is 2.43. The highest BCUT2D eigenvalue weighted by atomic mass is 31.2. The number of Topliss-reactive ketones (excluding diaryl/α,β-unsaturated/α-hetero) is 1. The summed E-state index contributed by atoms with van der Waals surface area (Å²) in [6.45, 7) is 3.03. The van der Waals surface area contributed by atoms with Crippen molar-refractivity contribution in [3.8, 4) is 0 Å². The van der Waals surface area contributed by atoms with Crippen LogP contribution in [0.5, 0.6) is 0 Å². The van der Waals surface area contributed by atoms with Crippen LogP contribution in [0.2, 0.25) is 0 Å². The lowest BCUT2D eigenvalue weighted by molar-refractivity contribution is -0.132. The molecule has 0 amide bonds. The Morgan fingerprint density at radius 3 is 2.10 bits per heavy atom. The summed E-state index contributed by atoms with van der Waals surface area (Å²) in [5, 5.41) is 0. The molecular formula is C6H9O3P. The number of hydrogen-bond acceptors (Lipinski definition) is 3. The average molecular weight is 160 g/mol. The lowest BCUT2D eigenvalue weighted by Crippen LogP contribution is -2.10. The Labute approximate surface area is 59.2 Å². The first-order valence-electron chi connectivity index (χ1n) is 3.10. The third kappa shape index (κ3) is 0.948. The molecule has 0 aromatic heterocycles. The van der Waals surface area contributed by atoms with Crippen molar-refractivity contribution in [1.82, 2.24) is 0 Å². The molecule has 1 aliphatic heterocycles. The first-order valence-corrected chi connectivity index (χ1v) is 5.44. The Morgan fingerprint density at radius 1 is 1.50 bits per heavy atom. The van der Waals surface area contributed by atoms with Gasteiger partial charge >= 0.3 is 0 Å². The molecule has 1 rings (SSSR count). The van der Waals surface area contributed by atoms with Crippen LogP contribution in [-0.2, 0) is 14.2 Å². The molecule has 1 heterocycles. The van der Waals surface area contributed by atoms with Gasteiger partial charge in [0.15, 0.2) is 7.14 Å². The highest BCUT2D eigenvalue weighted by molar-refractivity contribution is 7.83. The topological polar surface area (TPSA) is 51.2 Å². The maximum Gasteiger partial charge on any atom is 0.256 e. The molecule has 3 nitrogen and oxygen atoms in total. The van der Waals surface area contributed by atoms with Crippen LogP contribution in [0.15, 0.2) is 0 Å². The zero-order valence-corrected chi connectivity index (χ0v) is 6.85. The van der Waals surface area contributed by atoms with Crippen LogP contribution >= 0.6 is 7.14 Å². The standard InChI is InChI=1S/C6H9O3P/c1-4-3-10(2,9)6(8)5(4)7/h4H,3H2,1-2H3. The highest BCUT2D eigenvalue weighted by Crippen LogP contribution is 2.50. The van der Waals surface area contributed by atoms with Gasteiger partial charge in [0.05, 0.1) is 0 Å². The Bertz CT molecular complexity index is 243. The molecule has 10 heavy (non-hydrogen) atoms. The smallest absolute Gasteiger partial charge is 0.256 e. The minimum absolute atomic E-state index is 0.269. The summed E-state index contributed by atoms with van der Waals surface area (Å²) in [4.78, 5) is 21.6. The summed E-state index contributed by atoms with van der Waals surface area (Å²) in [5.41, 5.74) is -0.639. The molecule has 0 N–H and O–H groups in total. The second kappa shape index (κ2) is 2.03. The molecule has 56 valence electrons. The van der Waals surface area contributed by atoms with Crippen molar-refractivity contribution >= 4 is 18.4 Å². The van der Waals surface area contributed by atoms with E-state index in [4.69, 9.17) is 0 Å². The van der Waals surface area contributed by atoms with Crippen molar-refractivity contribution in [1.29, 1.82) is 0 Å². The van der Waals surface area contributed by atoms with E-state index < -0.39 is 18.4 Å². The van der Waals surface area contributed by atoms with E-state index in [1.165, 1.54) is 6.66 Å². The van der Waals surface area contributed by atoms with Gasteiger partial charge in [-0.1, -0.05) is 6.92 Å². The molecule has 0 spiro atoms. The van der Waals surface area contributed by atoms with Crippen LogP contribution in [0.1, 0.15) is 6.92 Å². The fourth-order valence-corrected chi connectivity index (χ4v) is 3.20. The third-order valence-corrected chi connectivity index (χ3v) is 4.03. The summed E-state index contributed by atoms with van der Waals surface area (Å²) >= 11 is 0. The molecule has 0 saturated carbocycles. The number of ketones is 1. The van der Waals surface area contributed by atoms with Gasteiger partial charge in [-0.15, -0.1) is 0 Å². The minimum atomic E-state index is -2.73. The van der Waals surface area contributed by atoms with Gasteiger partial charge in [0.2, 0.25) is 5.78 Å². The molecule has 0 bridgehead atoms. The van der Waals surface area contributed by atoms with Crippen molar-refractivity contribution in [3.63, 3.8) is 0 Å². The molecular weight excluding hydrogens is 151 g/mol. The zero-order chi connectivity index (χ0) is 7.94. The van der Waals surface area contributed by atoms with Crippen LogP contribution in [0.3, 0.4) is 0 Å². The predicted molar refractivity (Wildman–Crippen MR) is 37.6 cm³/mol. The SMILES string of the molecule is CC1CP(C)(=O)C(=O)C1=O. The van der Waals surface area contributed by atoms with E-state index in [0.717, 1.165) is 0 Å². The van der Waals surface area contributed by atoms with E-state index in [2.05, 4.69) is 0 Å². The van der Waals surface area contributed by atoms with Crippen molar-refractivity contribution in [3.05, 3.63) is 0 Å². The molecule has 2 atom stereocenters. The maximum atomic E-state index is 11.2. The van der Waals surface area contributed by atoms with Crippen molar-refractivity contribution in [2.75, 3.05) is 12.8 Å². The zero-order valence-electron chi connectivity index (χ0n) is 5.96. The van der Waals surface area contributed by atoms with E-state index in [-0.39, 0.29) is 12.1 Å². The van der Waals surface area contributed by atoms with Crippen LogP contribution in [0.4, 0.5) is 0 Å². The van der Waals surface area contributed by atoms with E-state index in [0.29, 0.717) is 0 Å². The quantitative estimate of drug-likeness (QED) is 0.387. The van der Waals surface area contributed by atoms with Gasteiger partial charge < -0.3 is 4.57 Å². The molecule has 0 aromatic carbocycles. The average Bonchev–Trinajstić information content (AvgIpc) is 1.95. The Morgan fingerprint density at radius 2 is 2.00 bits per heavy atom. The Balaban J connectivity index is 3.04.